The number of unbranched alkanes of at least 4 members (excludes halogenated alkanes) is 1. The van der Waals surface area contributed by atoms with E-state index in [4.69, 9.17) is 5.73 Å². The summed E-state index contributed by atoms with van der Waals surface area (Å²) in [6.45, 7) is 8.88. The van der Waals surface area contributed by atoms with Crippen LogP contribution in [0.4, 0.5) is 5.82 Å². The van der Waals surface area contributed by atoms with Crippen molar-refractivity contribution in [2.24, 2.45) is 7.05 Å². The Morgan fingerprint density at radius 3 is 2.41 bits per heavy atom. The van der Waals surface area contributed by atoms with E-state index < -0.39 is 0 Å². The van der Waals surface area contributed by atoms with Gasteiger partial charge in [0.25, 0.3) is 0 Å². The minimum absolute atomic E-state index is 0.453. The van der Waals surface area contributed by atoms with Crippen LogP contribution in [-0.4, -0.2) is 9.78 Å². The number of hydrogen-bond donors (Lipinski definition) is 1. The minimum Gasteiger partial charge on any atom is -0.384 e. The third-order valence-corrected chi connectivity index (χ3v) is 3.52. The zero-order valence-electron chi connectivity index (χ0n) is 12.0. The average Bonchev–Trinajstić information content (AvgIpc) is 2.57. The summed E-state index contributed by atoms with van der Waals surface area (Å²) >= 11 is 0. The number of rotatable bonds is 6. The molecule has 0 aromatic carbocycles. The predicted octanol–water partition coefficient (Wildman–Crippen LogP) is 3.81. The molecule has 3 heteroatoms. The highest BCUT2D eigenvalue weighted by Crippen LogP contribution is 2.34. The number of nitrogens with two attached hydrogens (primary N) is 1. The molecule has 0 radical (unpaired) electrons. The van der Waals surface area contributed by atoms with E-state index in [9.17, 15) is 0 Å². The summed E-state index contributed by atoms with van der Waals surface area (Å²) in [5, 5.41) is 4.65. The lowest BCUT2D eigenvalue weighted by Gasteiger charge is -2.15. The summed E-state index contributed by atoms with van der Waals surface area (Å²) in [5.74, 6) is 1.86. The van der Waals surface area contributed by atoms with Crippen LogP contribution >= 0.6 is 0 Å². The van der Waals surface area contributed by atoms with Crippen molar-refractivity contribution in [3.63, 3.8) is 0 Å². The molecule has 3 nitrogen and oxygen atoms in total. The molecule has 0 aliphatic heterocycles. The molecule has 0 aliphatic rings. The second-order valence-electron chi connectivity index (χ2n) is 5.21. The first kappa shape index (κ1) is 14.1. The maximum absolute atomic E-state index is 6.13. The predicted molar refractivity (Wildman–Crippen MR) is 74.3 cm³/mol. The van der Waals surface area contributed by atoms with E-state index in [0.717, 1.165) is 12.2 Å². The second-order valence-corrected chi connectivity index (χ2v) is 5.21. The fraction of sp³-hybridized carbons (Fsp3) is 0.786. The number of nitrogen functional groups attached to an aromatic ring is 1. The molecule has 0 saturated heterocycles. The Labute approximate surface area is 105 Å². The maximum atomic E-state index is 6.13. The van der Waals surface area contributed by atoms with Crippen molar-refractivity contribution in [3.8, 4) is 0 Å². The molecule has 0 fully saturated rings. The monoisotopic (exact) mass is 237 g/mol. The van der Waals surface area contributed by atoms with Crippen LogP contribution < -0.4 is 5.73 Å². The average molecular weight is 237 g/mol. The lowest BCUT2D eigenvalue weighted by Crippen LogP contribution is -2.04. The van der Waals surface area contributed by atoms with Gasteiger partial charge in [0.2, 0.25) is 0 Å². The quantitative estimate of drug-likeness (QED) is 0.817. The van der Waals surface area contributed by atoms with Gasteiger partial charge >= 0.3 is 0 Å². The van der Waals surface area contributed by atoms with Crippen LogP contribution in [-0.2, 0) is 7.05 Å². The molecule has 98 valence electrons. The Bertz CT molecular complexity index is 353. The van der Waals surface area contributed by atoms with Gasteiger partial charge in [-0.1, -0.05) is 40.5 Å². The second kappa shape index (κ2) is 6.08. The summed E-state index contributed by atoms with van der Waals surface area (Å²) in [7, 11) is 1.94. The summed E-state index contributed by atoms with van der Waals surface area (Å²) < 4.78 is 1.83. The Hall–Kier alpha value is -0.990. The lowest BCUT2D eigenvalue weighted by atomic mass is 9.89. The first-order valence-corrected chi connectivity index (χ1v) is 6.85. The molecule has 1 atom stereocenters. The third kappa shape index (κ3) is 3.02. The zero-order valence-corrected chi connectivity index (χ0v) is 12.0. The Kier molecular flexibility index (Phi) is 5.03. The van der Waals surface area contributed by atoms with Crippen LogP contribution in [0, 0.1) is 0 Å². The molecule has 0 bridgehead atoms. The Balaban J connectivity index is 3.05. The highest BCUT2D eigenvalue weighted by molar-refractivity contribution is 5.46. The fourth-order valence-electron chi connectivity index (χ4n) is 2.45. The molecule has 1 aromatic heterocycles. The van der Waals surface area contributed by atoms with Gasteiger partial charge in [-0.25, -0.2) is 0 Å². The molecule has 1 unspecified atom stereocenters. The van der Waals surface area contributed by atoms with Crippen LogP contribution in [0.3, 0.4) is 0 Å². The number of nitrogens with zero attached hydrogens (tertiary/aromatic N) is 2. The van der Waals surface area contributed by atoms with Gasteiger partial charge in [0.15, 0.2) is 0 Å². The summed E-state index contributed by atoms with van der Waals surface area (Å²) in [4.78, 5) is 0. The Morgan fingerprint density at radius 1 is 1.29 bits per heavy atom. The van der Waals surface area contributed by atoms with Crippen molar-refractivity contribution in [1.82, 2.24) is 9.78 Å². The molecule has 17 heavy (non-hydrogen) atoms. The standard InChI is InChI=1S/C14H27N3/c1-6-8-9-11(7-2)13-12(10(3)4)14(15)17(5)16-13/h10-11H,6-9,15H2,1-5H3. The number of aryl methyl sites for hydroxylation is 1. The molecule has 0 spiro atoms. The number of hydrogen-bond acceptors (Lipinski definition) is 2. The molecule has 1 aromatic rings. The molecule has 0 saturated carbocycles. The topological polar surface area (TPSA) is 43.8 Å². The highest BCUT2D eigenvalue weighted by Gasteiger charge is 2.22. The summed E-state index contributed by atoms with van der Waals surface area (Å²) in [6.07, 6.45) is 4.89. The summed E-state index contributed by atoms with van der Waals surface area (Å²) in [6, 6.07) is 0. The van der Waals surface area contributed by atoms with Crippen molar-refractivity contribution >= 4 is 5.82 Å². The van der Waals surface area contributed by atoms with Crippen LogP contribution in [0.15, 0.2) is 0 Å². The third-order valence-electron chi connectivity index (χ3n) is 3.52. The van der Waals surface area contributed by atoms with Crippen molar-refractivity contribution < 1.29 is 0 Å². The van der Waals surface area contributed by atoms with E-state index >= 15 is 0 Å². The molecular weight excluding hydrogens is 210 g/mol. The maximum Gasteiger partial charge on any atom is 0.125 e. The van der Waals surface area contributed by atoms with Gasteiger partial charge < -0.3 is 5.73 Å². The van der Waals surface area contributed by atoms with E-state index in [-0.39, 0.29) is 0 Å². The summed E-state index contributed by atoms with van der Waals surface area (Å²) in [5.41, 5.74) is 8.62. The van der Waals surface area contributed by atoms with Gasteiger partial charge in [-0.2, -0.15) is 5.10 Å². The Morgan fingerprint density at radius 2 is 1.94 bits per heavy atom. The SMILES string of the molecule is CCCCC(CC)c1nn(C)c(N)c1C(C)C. The zero-order chi connectivity index (χ0) is 13.0. The molecule has 2 N–H and O–H groups in total. The van der Waals surface area contributed by atoms with Crippen molar-refractivity contribution in [3.05, 3.63) is 11.3 Å². The van der Waals surface area contributed by atoms with E-state index in [1.807, 2.05) is 11.7 Å². The van der Waals surface area contributed by atoms with Crippen LogP contribution in [0.2, 0.25) is 0 Å². The fourth-order valence-corrected chi connectivity index (χ4v) is 2.45. The van der Waals surface area contributed by atoms with Crippen molar-refractivity contribution in [1.29, 1.82) is 0 Å². The molecule has 0 amide bonds. The number of aromatic nitrogens is 2. The first-order chi connectivity index (χ1) is 8.02. The van der Waals surface area contributed by atoms with E-state index in [2.05, 4.69) is 32.8 Å². The first-order valence-electron chi connectivity index (χ1n) is 6.85. The van der Waals surface area contributed by atoms with Crippen molar-refractivity contribution in [2.45, 2.75) is 65.2 Å². The van der Waals surface area contributed by atoms with Crippen molar-refractivity contribution in [2.75, 3.05) is 5.73 Å². The van der Waals surface area contributed by atoms with Crippen LogP contribution in [0.25, 0.3) is 0 Å². The molecule has 1 heterocycles. The minimum atomic E-state index is 0.453. The van der Waals surface area contributed by atoms with E-state index in [1.54, 1.807) is 0 Å². The van der Waals surface area contributed by atoms with E-state index in [1.165, 1.54) is 30.5 Å². The smallest absolute Gasteiger partial charge is 0.125 e. The highest BCUT2D eigenvalue weighted by atomic mass is 15.3. The molecular formula is C14H27N3. The van der Waals surface area contributed by atoms with Gasteiger partial charge in [-0.3, -0.25) is 4.68 Å². The van der Waals surface area contributed by atoms with Crippen LogP contribution in [0.5, 0.6) is 0 Å². The van der Waals surface area contributed by atoms with Gasteiger partial charge in [0, 0.05) is 18.5 Å². The largest absolute Gasteiger partial charge is 0.384 e. The lowest BCUT2D eigenvalue weighted by molar-refractivity contribution is 0.543. The van der Waals surface area contributed by atoms with Gasteiger partial charge in [0.05, 0.1) is 5.69 Å². The van der Waals surface area contributed by atoms with Gasteiger partial charge in [0.1, 0.15) is 5.82 Å². The van der Waals surface area contributed by atoms with Gasteiger partial charge in [-0.15, -0.1) is 0 Å². The normalized spacial score (nSPS) is 13.3. The van der Waals surface area contributed by atoms with Crippen LogP contribution in [0.1, 0.15) is 76.5 Å². The van der Waals surface area contributed by atoms with Gasteiger partial charge in [-0.05, 0) is 18.8 Å². The number of anilines is 1. The molecule has 1 rings (SSSR count). The van der Waals surface area contributed by atoms with E-state index in [0.29, 0.717) is 11.8 Å². The molecule has 0 aliphatic carbocycles.